The number of aliphatic hydroxyl groups excluding tert-OH is 4. The number of esters is 1. The van der Waals surface area contributed by atoms with E-state index in [1.165, 1.54) is 34.6 Å². The van der Waals surface area contributed by atoms with E-state index < -0.39 is 266 Å². The second-order valence-electron chi connectivity index (χ2n) is 31.8. The Labute approximate surface area is 666 Å². The van der Waals surface area contributed by atoms with Crippen LogP contribution in [0.3, 0.4) is 0 Å². The summed E-state index contributed by atoms with van der Waals surface area (Å²) in [6, 6.07) is -20.3. The smallest absolute Gasteiger partial charge is 0.329 e. The molecule has 23 N–H and O–H groups in total. The summed E-state index contributed by atoms with van der Waals surface area (Å²) in [4.78, 5) is 229. The van der Waals surface area contributed by atoms with Gasteiger partial charge in [0.05, 0.1) is 37.2 Å². The molecule has 22 atom stereocenters. The lowest BCUT2D eigenvalue weighted by Crippen LogP contribution is -2.65. The maximum absolute atomic E-state index is 15.5. The first-order valence-electron chi connectivity index (χ1n) is 39.3. The number of nitrogens with one attached hydrogen (secondary N) is 9. The highest BCUT2D eigenvalue weighted by molar-refractivity contribution is 6.00. The number of hydrogen-bond donors (Lipinski definition) is 19. The van der Waals surface area contributed by atoms with E-state index in [0.717, 1.165) is 30.4 Å². The molecule has 0 radical (unpaired) electrons. The Hall–Kier alpha value is -8.76. The van der Waals surface area contributed by atoms with Crippen LogP contribution in [0.1, 0.15) is 186 Å². The molecule has 0 saturated carbocycles. The molecular formula is C75H131N15O24. The van der Waals surface area contributed by atoms with Crippen LogP contribution in [0, 0.1) is 53.3 Å². The summed E-state index contributed by atoms with van der Waals surface area (Å²) >= 11 is 0. The standard InChI is InChI=1S/C75H131N15O24/c1-35(2)30-38(7)32-39(8)59(97)43(12)64(101)81-46(20-18-27-76)65(102)80-45(23-26-54(93)94)60(98)61(99)72(109)86-56(41(10)42(11)63(79)100)69(106)88-58-62(40(9)37(5)6)114-75(112)52-22-16-17-29-90(52)74(111)49(33-55(95)96)84-70(107)57(44(13)113-15)87-68(105)51(24-25-53(78)92)89(14)73(110)48(31-36(3)4)83-66(103)47(21-19-28-77)82-67(104)50(34-91)85-71(58)108/h35-52,56-62,91,97-99H,16-34,76-77H2,1-15H3,(H2,78,92)(H2,79,100)(H,80,102)(H,81,101)(H,82,104)(H,83,103)(H,84,107)(H,85,108)(H,86,109)(H,87,105)(H,88,106)(H,93,94)(H,95,96)/t38-,39-,40-,41+,42-,43-,44-,45+,46-,47-,48+,49-,50-,51+,52+,56+,57+,58-,59-,60-,61-,62-/m1/s1. The fourth-order valence-electron chi connectivity index (χ4n) is 13.8. The van der Waals surface area contributed by atoms with Gasteiger partial charge in [-0.15, -0.1) is 0 Å². The molecule has 2 saturated heterocycles. The fraction of sp³-hybridized carbons (Fsp3) is 0.787. The molecule has 2 rings (SSSR count). The molecule has 0 aliphatic carbocycles. The number of likely N-dealkylation sites (N-methyl/N-ethyl adjacent to an activating group) is 1. The number of methoxy groups -OCH3 is 1. The summed E-state index contributed by atoms with van der Waals surface area (Å²) in [6.45, 7) is 19.5. The number of cyclic esters (lactones) is 1. The second kappa shape index (κ2) is 49.2. The molecule has 0 unspecified atom stereocenters. The van der Waals surface area contributed by atoms with Crippen LogP contribution in [0.4, 0.5) is 0 Å². The summed E-state index contributed by atoms with van der Waals surface area (Å²) in [5.41, 5.74) is 23.0. The van der Waals surface area contributed by atoms with Crippen molar-refractivity contribution in [2.24, 2.45) is 76.2 Å². The van der Waals surface area contributed by atoms with Crippen LogP contribution in [0.2, 0.25) is 0 Å². The van der Waals surface area contributed by atoms with Crippen molar-refractivity contribution in [3.05, 3.63) is 0 Å². The van der Waals surface area contributed by atoms with Crippen molar-refractivity contribution in [2.45, 2.75) is 283 Å². The zero-order chi connectivity index (χ0) is 87.0. The van der Waals surface area contributed by atoms with Crippen molar-refractivity contribution in [1.82, 2.24) is 57.7 Å². The summed E-state index contributed by atoms with van der Waals surface area (Å²) in [6.07, 6.45) is -12.1. The van der Waals surface area contributed by atoms with Gasteiger partial charge in [0.2, 0.25) is 70.9 Å². The number of nitrogens with zero attached hydrogens (tertiary/aromatic N) is 2. The summed E-state index contributed by atoms with van der Waals surface area (Å²) in [5, 5.41) is 88.1. The molecule has 0 aromatic carbocycles. The minimum Gasteiger partial charge on any atom is -0.481 e. The largest absolute Gasteiger partial charge is 0.481 e. The summed E-state index contributed by atoms with van der Waals surface area (Å²) < 4.78 is 11.7. The topological polar surface area (TPSA) is 632 Å². The average molecular weight is 1630 g/mol. The van der Waals surface area contributed by atoms with E-state index in [1.807, 2.05) is 6.92 Å². The Morgan fingerprint density at radius 2 is 1.21 bits per heavy atom. The Balaban J connectivity index is 3.10. The number of amides is 13. The molecule has 39 heteroatoms. The number of primary amides is 2. The van der Waals surface area contributed by atoms with E-state index >= 15 is 19.2 Å². The zero-order valence-corrected chi connectivity index (χ0v) is 68.6. The monoisotopic (exact) mass is 1630 g/mol. The minimum atomic E-state index is -2.73. The number of ether oxygens (including phenoxy) is 2. The first-order chi connectivity index (χ1) is 53.2. The third-order valence-corrected chi connectivity index (χ3v) is 21.3. The first kappa shape index (κ1) is 101. The Kier molecular flexibility index (Phi) is 43.7. The van der Waals surface area contributed by atoms with E-state index in [1.54, 1.807) is 34.6 Å². The van der Waals surface area contributed by atoms with Crippen molar-refractivity contribution >= 4 is 94.7 Å². The first-order valence-corrected chi connectivity index (χ1v) is 39.3. The maximum Gasteiger partial charge on any atom is 0.329 e. The molecule has 650 valence electrons. The number of piperidine rings is 1. The number of carboxylic acid groups (broad SMARTS) is 2. The van der Waals surface area contributed by atoms with E-state index in [2.05, 4.69) is 61.7 Å². The van der Waals surface area contributed by atoms with Gasteiger partial charge in [-0.2, -0.15) is 0 Å². The average Bonchev–Trinajstić information content (AvgIpc) is 0.830. The van der Waals surface area contributed by atoms with Crippen molar-refractivity contribution in [2.75, 3.05) is 40.4 Å². The molecular weight excluding hydrogens is 1490 g/mol. The molecule has 2 aliphatic heterocycles. The second-order valence-corrected chi connectivity index (χ2v) is 31.8. The number of carbonyl (C=O) groups excluding carboxylic acids is 14. The maximum atomic E-state index is 15.5. The molecule has 114 heavy (non-hydrogen) atoms. The van der Waals surface area contributed by atoms with Crippen molar-refractivity contribution in [3.8, 4) is 0 Å². The van der Waals surface area contributed by atoms with E-state index in [0.29, 0.717) is 12.3 Å². The highest BCUT2D eigenvalue weighted by Gasteiger charge is 2.48. The molecule has 0 spiro atoms. The van der Waals surface area contributed by atoms with Crippen molar-refractivity contribution < 1.29 is 117 Å². The summed E-state index contributed by atoms with van der Waals surface area (Å²) in [5.74, 6) is -25.6. The van der Waals surface area contributed by atoms with Gasteiger partial charge >= 0.3 is 17.9 Å². The van der Waals surface area contributed by atoms with Gasteiger partial charge in [0.25, 0.3) is 5.91 Å². The lowest BCUT2D eigenvalue weighted by molar-refractivity contribution is -0.168. The number of hydrogen-bond acceptors (Lipinski definition) is 24. The zero-order valence-electron chi connectivity index (χ0n) is 68.6. The van der Waals surface area contributed by atoms with Crippen molar-refractivity contribution in [3.63, 3.8) is 0 Å². The van der Waals surface area contributed by atoms with E-state index in [4.69, 9.17) is 32.4 Å². The third-order valence-electron chi connectivity index (χ3n) is 21.3. The number of fused-ring (bicyclic) bond motifs is 1. The molecule has 2 aliphatic rings. The molecule has 2 fully saturated rings. The van der Waals surface area contributed by atoms with Crippen LogP contribution in [-0.4, -0.2) is 273 Å². The van der Waals surface area contributed by atoms with Crippen molar-refractivity contribution in [1.29, 1.82) is 0 Å². The number of carbonyl (C=O) groups is 16. The quantitative estimate of drug-likeness (QED) is 0.0261. The van der Waals surface area contributed by atoms with Gasteiger partial charge in [-0.05, 0) is 138 Å². The number of rotatable bonds is 40. The molecule has 0 bridgehead atoms. The van der Waals surface area contributed by atoms with Gasteiger partial charge in [-0.1, -0.05) is 83.1 Å². The van der Waals surface area contributed by atoms with E-state index in [-0.39, 0.29) is 82.8 Å². The normalized spacial score (nSPS) is 24.4. The molecule has 0 aromatic heterocycles. The van der Waals surface area contributed by atoms with Crippen LogP contribution in [0.15, 0.2) is 0 Å². The van der Waals surface area contributed by atoms with Gasteiger partial charge < -0.3 is 121 Å². The number of nitrogens with two attached hydrogens (primary N) is 4. The van der Waals surface area contributed by atoms with Crippen LogP contribution in [0.25, 0.3) is 0 Å². The van der Waals surface area contributed by atoms with Gasteiger partial charge in [0.1, 0.15) is 72.6 Å². The third kappa shape index (κ3) is 31.8. The van der Waals surface area contributed by atoms with Gasteiger partial charge in [0, 0.05) is 39.5 Å². The van der Waals surface area contributed by atoms with Gasteiger partial charge in [-0.3, -0.25) is 71.9 Å². The Bertz CT molecular complexity index is 3260. The predicted octanol–water partition coefficient (Wildman–Crippen LogP) is -3.88. The SMILES string of the molecule is CO[C@H](C)[C@@H]1NC(=O)[C@H](CCC(N)=O)N(C)C(=O)[C@H](CC(C)C)NC(=O)[C@@H](CCCN)NC(=O)[C@@H](CO)NC(=O)[C@H](NC(=O)[C@@H](NC(=O)[C@H](O)[C@H](O)[C@H](CCC(=O)O)NC(=O)[C@@H](CCCN)NC(=O)[C@H](C)[C@H](O)[C@H](C)C[C@H](C)CC(C)C)[C@@H](C)[C@@H](C)C(N)=O)[C@@H]([C@H](C)C(C)C)OC(=O)[C@@H]2CCCCN2C(=O)[C@@H](CC(=O)O)NC1=O. The lowest BCUT2D eigenvalue weighted by Gasteiger charge is -2.39. The van der Waals surface area contributed by atoms with Crippen LogP contribution < -0.4 is 70.8 Å². The van der Waals surface area contributed by atoms with Crippen LogP contribution in [0.5, 0.6) is 0 Å². The number of aliphatic carboxylic acids is 2. The molecule has 39 nitrogen and oxygen atoms in total. The lowest BCUT2D eigenvalue weighted by atomic mass is 9.83. The van der Waals surface area contributed by atoms with Crippen LogP contribution >= 0.6 is 0 Å². The van der Waals surface area contributed by atoms with Gasteiger partial charge in [-0.25, -0.2) is 4.79 Å². The Morgan fingerprint density at radius 1 is 0.614 bits per heavy atom. The fourth-order valence-corrected chi connectivity index (χ4v) is 13.8. The predicted molar refractivity (Wildman–Crippen MR) is 411 cm³/mol. The number of aliphatic hydroxyl groups is 4. The molecule has 13 amide bonds. The van der Waals surface area contributed by atoms with E-state index in [9.17, 15) is 88.2 Å². The van der Waals surface area contributed by atoms with Crippen LogP contribution in [-0.2, 0) is 86.2 Å². The molecule has 2 heterocycles. The highest BCUT2D eigenvalue weighted by atomic mass is 16.5. The molecule has 0 aromatic rings. The summed E-state index contributed by atoms with van der Waals surface area (Å²) in [7, 11) is 2.31. The highest BCUT2D eigenvalue weighted by Crippen LogP contribution is 2.29. The number of carboxylic acids is 2. The van der Waals surface area contributed by atoms with Gasteiger partial charge in [0.15, 0.2) is 6.10 Å². The minimum absolute atomic E-state index is 0.0127. The Morgan fingerprint density at radius 3 is 1.75 bits per heavy atom.